The Morgan fingerprint density at radius 2 is 1.90 bits per heavy atom. The molecular formula is C21H17FN4O2S. The van der Waals surface area contributed by atoms with E-state index < -0.39 is 0 Å². The number of carbonyl (C=O) groups excluding carboxylic acids is 2. The van der Waals surface area contributed by atoms with Crippen molar-refractivity contribution in [3.63, 3.8) is 0 Å². The van der Waals surface area contributed by atoms with Crippen molar-refractivity contribution in [1.82, 2.24) is 15.3 Å². The largest absolute Gasteiger partial charge is 0.352 e. The molecule has 2 amide bonds. The van der Waals surface area contributed by atoms with Crippen molar-refractivity contribution in [3.8, 4) is 0 Å². The number of rotatable bonds is 6. The van der Waals surface area contributed by atoms with E-state index in [1.807, 2.05) is 6.07 Å². The second-order valence-corrected chi connectivity index (χ2v) is 7.37. The van der Waals surface area contributed by atoms with Crippen molar-refractivity contribution in [3.05, 3.63) is 82.7 Å². The number of nitrogens with zero attached hydrogens (tertiary/aromatic N) is 1. The molecule has 4 rings (SSSR count). The molecule has 0 fully saturated rings. The molecule has 6 nitrogen and oxygen atoms in total. The Balaban J connectivity index is 1.35. The third kappa shape index (κ3) is 4.67. The summed E-state index contributed by atoms with van der Waals surface area (Å²) in [6.07, 6.45) is 0.174. The van der Waals surface area contributed by atoms with Crippen molar-refractivity contribution in [2.75, 3.05) is 5.32 Å². The normalized spacial score (nSPS) is 10.8. The molecule has 0 aliphatic rings. The number of hydrogen-bond donors (Lipinski definition) is 3. The minimum Gasteiger partial charge on any atom is -0.352 e. The van der Waals surface area contributed by atoms with Gasteiger partial charge in [0.1, 0.15) is 17.2 Å². The van der Waals surface area contributed by atoms with E-state index in [1.54, 1.807) is 41.9 Å². The van der Waals surface area contributed by atoms with Crippen LogP contribution in [0.25, 0.3) is 10.3 Å². The summed E-state index contributed by atoms with van der Waals surface area (Å²) in [5.41, 5.74) is 5.03. The summed E-state index contributed by atoms with van der Waals surface area (Å²) in [4.78, 5) is 31.7. The van der Waals surface area contributed by atoms with Crippen LogP contribution in [0.2, 0.25) is 0 Å². The fraction of sp³-hybridized carbons (Fsp3) is 0.0952. The molecule has 0 saturated carbocycles. The van der Waals surface area contributed by atoms with Gasteiger partial charge in [-0.15, -0.1) is 11.3 Å². The average molecular weight is 408 g/mol. The van der Waals surface area contributed by atoms with Gasteiger partial charge in [0.15, 0.2) is 0 Å². The molecular weight excluding hydrogens is 391 g/mol. The summed E-state index contributed by atoms with van der Waals surface area (Å²) in [6, 6.07) is 14.9. The molecule has 0 bridgehead atoms. The second-order valence-electron chi connectivity index (χ2n) is 6.48. The molecule has 0 atom stereocenters. The zero-order chi connectivity index (χ0) is 20.2. The van der Waals surface area contributed by atoms with Gasteiger partial charge in [0.2, 0.25) is 5.91 Å². The van der Waals surface area contributed by atoms with Gasteiger partial charge in [-0.3, -0.25) is 9.59 Å². The van der Waals surface area contributed by atoms with Gasteiger partial charge in [-0.2, -0.15) is 0 Å². The van der Waals surface area contributed by atoms with Crippen LogP contribution < -0.4 is 10.6 Å². The Morgan fingerprint density at radius 3 is 2.69 bits per heavy atom. The molecule has 2 heterocycles. The van der Waals surface area contributed by atoms with Crippen molar-refractivity contribution >= 4 is 39.2 Å². The number of amides is 2. The van der Waals surface area contributed by atoms with Crippen LogP contribution in [0.1, 0.15) is 21.6 Å². The van der Waals surface area contributed by atoms with E-state index in [2.05, 4.69) is 20.6 Å². The fourth-order valence-corrected chi connectivity index (χ4v) is 3.55. The number of carbonyl (C=O) groups is 2. The zero-order valence-electron chi connectivity index (χ0n) is 15.2. The highest BCUT2D eigenvalue weighted by atomic mass is 32.1. The van der Waals surface area contributed by atoms with Crippen LogP contribution in [0.15, 0.2) is 60.1 Å². The average Bonchev–Trinajstić information content (AvgIpc) is 3.30. The number of thiazole rings is 1. The predicted molar refractivity (Wildman–Crippen MR) is 110 cm³/mol. The summed E-state index contributed by atoms with van der Waals surface area (Å²) in [6.45, 7) is 0.327. The minimum absolute atomic E-state index is 0.159. The third-order valence-electron chi connectivity index (χ3n) is 4.32. The summed E-state index contributed by atoms with van der Waals surface area (Å²) in [7, 11) is 0. The number of halogens is 1. The number of fused-ring (bicyclic) bond motifs is 1. The van der Waals surface area contributed by atoms with E-state index in [1.165, 1.54) is 23.5 Å². The molecule has 0 saturated heterocycles. The quantitative estimate of drug-likeness (QED) is 0.453. The Kier molecular flexibility index (Phi) is 5.35. The van der Waals surface area contributed by atoms with Crippen LogP contribution in [0.4, 0.5) is 10.1 Å². The van der Waals surface area contributed by atoms with Gasteiger partial charge in [-0.05, 0) is 41.5 Å². The van der Waals surface area contributed by atoms with Crippen LogP contribution in [0.5, 0.6) is 0 Å². The molecule has 146 valence electrons. The van der Waals surface area contributed by atoms with Gasteiger partial charge in [-0.1, -0.05) is 24.3 Å². The van der Waals surface area contributed by atoms with Crippen LogP contribution >= 0.6 is 11.3 Å². The number of benzene rings is 2. The molecule has 2 aromatic heterocycles. The van der Waals surface area contributed by atoms with Gasteiger partial charge in [0, 0.05) is 12.2 Å². The Morgan fingerprint density at radius 1 is 1.07 bits per heavy atom. The molecule has 0 radical (unpaired) electrons. The van der Waals surface area contributed by atoms with E-state index in [9.17, 15) is 14.0 Å². The van der Waals surface area contributed by atoms with E-state index in [0.717, 1.165) is 15.8 Å². The Bertz CT molecular complexity index is 1140. The lowest BCUT2D eigenvalue weighted by molar-refractivity contribution is -0.120. The van der Waals surface area contributed by atoms with E-state index in [-0.39, 0.29) is 24.1 Å². The molecule has 3 N–H and O–H groups in total. The lowest BCUT2D eigenvalue weighted by Crippen LogP contribution is -2.24. The summed E-state index contributed by atoms with van der Waals surface area (Å²) in [5.74, 6) is -0.740. The SMILES string of the molecule is O=C(Cc1cccc(NC(=O)c2cc3scnc3[nH]2)c1)NCc1ccc(F)cc1. The lowest BCUT2D eigenvalue weighted by Gasteiger charge is -2.08. The van der Waals surface area contributed by atoms with Crippen LogP contribution in [0.3, 0.4) is 0 Å². The highest BCUT2D eigenvalue weighted by Crippen LogP contribution is 2.19. The molecule has 0 aliphatic carbocycles. The maximum absolute atomic E-state index is 12.9. The summed E-state index contributed by atoms with van der Waals surface area (Å²) >= 11 is 1.46. The predicted octanol–water partition coefficient (Wildman–Crippen LogP) is 3.87. The maximum atomic E-state index is 12.9. The van der Waals surface area contributed by atoms with Gasteiger partial charge in [0.05, 0.1) is 16.6 Å². The zero-order valence-corrected chi connectivity index (χ0v) is 16.1. The molecule has 0 spiro atoms. The summed E-state index contributed by atoms with van der Waals surface area (Å²) in [5, 5.41) is 5.63. The van der Waals surface area contributed by atoms with Crippen LogP contribution in [-0.4, -0.2) is 21.8 Å². The highest BCUT2D eigenvalue weighted by molar-refractivity contribution is 7.16. The molecule has 0 aliphatic heterocycles. The van der Waals surface area contributed by atoms with Crippen molar-refractivity contribution in [1.29, 1.82) is 0 Å². The molecule has 29 heavy (non-hydrogen) atoms. The monoisotopic (exact) mass is 408 g/mol. The molecule has 8 heteroatoms. The maximum Gasteiger partial charge on any atom is 0.272 e. The number of aromatic nitrogens is 2. The van der Waals surface area contributed by atoms with Crippen LogP contribution in [-0.2, 0) is 17.8 Å². The van der Waals surface area contributed by atoms with Gasteiger partial charge >= 0.3 is 0 Å². The van der Waals surface area contributed by atoms with Gasteiger partial charge in [0.25, 0.3) is 5.91 Å². The molecule has 4 aromatic rings. The highest BCUT2D eigenvalue weighted by Gasteiger charge is 2.12. The number of anilines is 1. The molecule has 2 aromatic carbocycles. The molecule has 0 unspecified atom stereocenters. The summed E-state index contributed by atoms with van der Waals surface area (Å²) < 4.78 is 13.8. The van der Waals surface area contributed by atoms with E-state index in [0.29, 0.717) is 23.6 Å². The third-order valence-corrected chi connectivity index (χ3v) is 5.10. The topological polar surface area (TPSA) is 86.9 Å². The van der Waals surface area contributed by atoms with Crippen molar-refractivity contribution in [2.45, 2.75) is 13.0 Å². The number of hydrogen-bond acceptors (Lipinski definition) is 4. The van der Waals surface area contributed by atoms with E-state index in [4.69, 9.17) is 0 Å². The van der Waals surface area contributed by atoms with Gasteiger partial charge in [-0.25, -0.2) is 9.37 Å². The van der Waals surface area contributed by atoms with Crippen molar-refractivity contribution in [2.24, 2.45) is 0 Å². The van der Waals surface area contributed by atoms with Crippen molar-refractivity contribution < 1.29 is 14.0 Å². The van der Waals surface area contributed by atoms with E-state index >= 15 is 0 Å². The first-order valence-corrected chi connectivity index (χ1v) is 9.78. The van der Waals surface area contributed by atoms with Gasteiger partial charge < -0.3 is 15.6 Å². The number of H-pyrrole nitrogens is 1. The Hall–Kier alpha value is -3.52. The second kappa shape index (κ2) is 8.24. The van der Waals surface area contributed by atoms with Crippen LogP contribution in [0, 0.1) is 5.82 Å². The smallest absolute Gasteiger partial charge is 0.272 e. The number of nitrogens with one attached hydrogen (secondary N) is 3. The number of aromatic amines is 1. The first-order chi connectivity index (χ1) is 14.1. The Labute approximate surface area is 169 Å². The first-order valence-electron chi connectivity index (χ1n) is 8.90. The first kappa shape index (κ1) is 18.8. The standard InChI is InChI=1S/C21H17FN4O2S/c22-15-6-4-13(5-7-15)11-23-19(27)9-14-2-1-3-16(8-14)25-21(28)17-10-18-20(26-17)24-12-29-18/h1-8,10,12,26H,9,11H2,(H,23,27)(H,25,28). The fourth-order valence-electron chi connectivity index (χ4n) is 2.88. The minimum atomic E-state index is -0.311. The lowest BCUT2D eigenvalue weighted by atomic mass is 10.1.